The van der Waals surface area contributed by atoms with Gasteiger partial charge in [0.2, 0.25) is 0 Å². The molecule has 0 saturated heterocycles. The van der Waals surface area contributed by atoms with Crippen molar-refractivity contribution in [2.45, 2.75) is 0 Å². The summed E-state index contributed by atoms with van der Waals surface area (Å²) in [6.45, 7) is 0. The second-order valence-corrected chi connectivity index (χ2v) is 14.5. The molecule has 0 aliphatic carbocycles. The van der Waals surface area contributed by atoms with Crippen molar-refractivity contribution in [3.8, 4) is 33.6 Å². The van der Waals surface area contributed by atoms with Gasteiger partial charge in [-0.25, -0.2) is 0 Å². The first kappa shape index (κ1) is 30.1. The molecule has 0 aliphatic rings. The Morgan fingerprint density at radius 3 is 1.56 bits per heavy atom. The zero-order valence-electron chi connectivity index (χ0n) is 29.8. The number of furan rings is 1. The second-order valence-electron chi connectivity index (χ2n) is 14.5. The Morgan fingerprint density at radius 2 is 0.818 bits per heavy atom. The number of hydrogen-bond acceptors (Lipinski definition) is 1. The fourth-order valence-corrected chi connectivity index (χ4v) is 8.96. The van der Waals surface area contributed by atoms with Gasteiger partial charge in [-0.1, -0.05) is 127 Å². The van der Waals surface area contributed by atoms with Crippen LogP contribution in [0.5, 0.6) is 0 Å². The Hall–Kier alpha value is -7.36. The average Bonchev–Trinajstić information content (AvgIpc) is 3.90. The molecule has 0 spiro atoms. The van der Waals surface area contributed by atoms with Crippen molar-refractivity contribution in [3.05, 3.63) is 194 Å². The van der Waals surface area contributed by atoms with Crippen LogP contribution in [-0.4, -0.2) is 9.13 Å². The summed E-state index contributed by atoms with van der Waals surface area (Å²) in [7, 11) is 0. The van der Waals surface area contributed by atoms with E-state index < -0.39 is 0 Å². The van der Waals surface area contributed by atoms with Crippen LogP contribution < -0.4 is 0 Å². The van der Waals surface area contributed by atoms with E-state index in [1.54, 1.807) is 0 Å². The third-order valence-corrected chi connectivity index (χ3v) is 11.5. The van der Waals surface area contributed by atoms with Crippen molar-refractivity contribution >= 4 is 76.3 Å². The van der Waals surface area contributed by atoms with E-state index in [1.807, 2.05) is 12.1 Å². The lowest BCUT2D eigenvalue weighted by atomic mass is 9.98. The maximum absolute atomic E-state index is 6.13. The van der Waals surface area contributed by atoms with Crippen LogP contribution in [0.2, 0.25) is 0 Å². The Balaban J connectivity index is 1.03. The van der Waals surface area contributed by atoms with Gasteiger partial charge in [-0.3, -0.25) is 0 Å². The standard InChI is InChI=1S/C52H32N2O/c1-2-12-38(13-3-1)53-47-17-7-4-14-40(47)42-26-22-35(31-49(42)53)36-23-27-43-41-15-5-8-18-48(41)54(50(43)32-36)46-19-10-11-37-29-33(21-25-39(37)46)34-24-28-52-45(30-34)44-16-6-9-20-51(44)55-52/h1-32H. The zero-order valence-corrected chi connectivity index (χ0v) is 29.8. The summed E-state index contributed by atoms with van der Waals surface area (Å²) >= 11 is 0. The summed E-state index contributed by atoms with van der Waals surface area (Å²) in [6.07, 6.45) is 0. The van der Waals surface area contributed by atoms with Crippen molar-refractivity contribution in [3.63, 3.8) is 0 Å². The summed E-state index contributed by atoms with van der Waals surface area (Å²) in [5, 5.41) is 9.71. The number of para-hydroxylation sites is 4. The molecule has 256 valence electrons. The van der Waals surface area contributed by atoms with Crippen LogP contribution in [0.25, 0.3) is 110 Å². The smallest absolute Gasteiger partial charge is 0.135 e. The predicted octanol–water partition coefficient (Wildman–Crippen LogP) is 14.3. The fourth-order valence-electron chi connectivity index (χ4n) is 8.96. The van der Waals surface area contributed by atoms with Crippen LogP contribution in [0.4, 0.5) is 0 Å². The van der Waals surface area contributed by atoms with E-state index in [0.717, 1.165) is 27.6 Å². The largest absolute Gasteiger partial charge is 0.456 e. The molecule has 3 heteroatoms. The number of nitrogens with zero attached hydrogens (tertiary/aromatic N) is 2. The normalized spacial score (nSPS) is 12.0. The summed E-state index contributed by atoms with van der Waals surface area (Å²) in [5.74, 6) is 0. The molecule has 55 heavy (non-hydrogen) atoms. The minimum atomic E-state index is 0.914. The maximum atomic E-state index is 6.13. The molecular formula is C52H32N2O. The molecule has 0 N–H and O–H groups in total. The van der Waals surface area contributed by atoms with Gasteiger partial charge in [-0.05, 0) is 94.4 Å². The lowest BCUT2D eigenvalue weighted by molar-refractivity contribution is 0.669. The molecule has 9 aromatic carbocycles. The Morgan fingerprint density at radius 1 is 0.291 bits per heavy atom. The quantitative estimate of drug-likeness (QED) is 0.179. The fraction of sp³-hybridized carbons (Fsp3) is 0. The minimum Gasteiger partial charge on any atom is -0.456 e. The minimum absolute atomic E-state index is 0.914. The van der Waals surface area contributed by atoms with E-state index in [2.05, 4.69) is 191 Å². The van der Waals surface area contributed by atoms with Crippen LogP contribution in [0.15, 0.2) is 199 Å². The van der Waals surface area contributed by atoms with Gasteiger partial charge in [0.1, 0.15) is 11.2 Å². The highest BCUT2D eigenvalue weighted by Crippen LogP contribution is 2.40. The first-order chi connectivity index (χ1) is 27.3. The van der Waals surface area contributed by atoms with Crippen LogP contribution in [-0.2, 0) is 0 Å². The highest BCUT2D eigenvalue weighted by Gasteiger charge is 2.18. The number of hydrogen-bond donors (Lipinski definition) is 0. The molecule has 3 heterocycles. The van der Waals surface area contributed by atoms with Gasteiger partial charge in [0.05, 0.1) is 27.8 Å². The molecule has 0 fully saturated rings. The van der Waals surface area contributed by atoms with Gasteiger partial charge in [-0.2, -0.15) is 0 Å². The van der Waals surface area contributed by atoms with E-state index >= 15 is 0 Å². The Kier molecular flexibility index (Phi) is 6.34. The van der Waals surface area contributed by atoms with E-state index in [-0.39, 0.29) is 0 Å². The van der Waals surface area contributed by atoms with Gasteiger partial charge in [0, 0.05) is 43.4 Å². The third kappa shape index (κ3) is 4.50. The molecular weight excluding hydrogens is 669 g/mol. The lowest BCUT2D eigenvalue weighted by Crippen LogP contribution is -1.96. The SMILES string of the molecule is c1ccc(-n2c3ccccc3c3ccc(-c4ccc5c6ccccc6n(-c6cccc7cc(-c8ccc9oc%10ccccc%10c9c8)ccc67)c5c4)cc32)cc1. The number of benzene rings is 9. The number of fused-ring (bicyclic) bond motifs is 10. The molecule has 0 unspecified atom stereocenters. The molecule has 0 aliphatic heterocycles. The molecule has 0 atom stereocenters. The lowest BCUT2D eigenvalue weighted by Gasteiger charge is -2.13. The first-order valence-electron chi connectivity index (χ1n) is 18.8. The molecule has 0 bridgehead atoms. The van der Waals surface area contributed by atoms with Gasteiger partial charge >= 0.3 is 0 Å². The third-order valence-electron chi connectivity index (χ3n) is 11.5. The predicted molar refractivity (Wildman–Crippen MR) is 231 cm³/mol. The summed E-state index contributed by atoms with van der Waals surface area (Å²) in [5.41, 5.74) is 13.7. The molecule has 12 rings (SSSR count). The average molecular weight is 701 g/mol. The summed E-state index contributed by atoms with van der Waals surface area (Å²) in [4.78, 5) is 0. The van der Waals surface area contributed by atoms with E-state index in [9.17, 15) is 0 Å². The maximum Gasteiger partial charge on any atom is 0.135 e. The summed E-state index contributed by atoms with van der Waals surface area (Å²) in [6, 6.07) is 70.4. The van der Waals surface area contributed by atoms with Crippen molar-refractivity contribution in [2.75, 3.05) is 0 Å². The summed E-state index contributed by atoms with van der Waals surface area (Å²) < 4.78 is 11.0. The van der Waals surface area contributed by atoms with E-state index in [0.29, 0.717) is 0 Å². The zero-order chi connectivity index (χ0) is 36.0. The van der Waals surface area contributed by atoms with E-state index in [4.69, 9.17) is 4.42 Å². The van der Waals surface area contributed by atoms with Crippen LogP contribution >= 0.6 is 0 Å². The van der Waals surface area contributed by atoms with Crippen LogP contribution in [0.3, 0.4) is 0 Å². The van der Waals surface area contributed by atoms with Crippen LogP contribution in [0, 0.1) is 0 Å². The van der Waals surface area contributed by atoms with Crippen LogP contribution in [0.1, 0.15) is 0 Å². The van der Waals surface area contributed by atoms with Gasteiger partial charge < -0.3 is 13.6 Å². The van der Waals surface area contributed by atoms with Crippen molar-refractivity contribution in [2.24, 2.45) is 0 Å². The van der Waals surface area contributed by atoms with Crippen molar-refractivity contribution < 1.29 is 4.42 Å². The Labute approximate surface area is 316 Å². The van der Waals surface area contributed by atoms with Gasteiger partial charge in [-0.15, -0.1) is 0 Å². The topological polar surface area (TPSA) is 23.0 Å². The number of rotatable bonds is 4. The van der Waals surface area contributed by atoms with Gasteiger partial charge in [0.25, 0.3) is 0 Å². The molecule has 3 nitrogen and oxygen atoms in total. The first-order valence-corrected chi connectivity index (χ1v) is 18.8. The highest BCUT2D eigenvalue weighted by atomic mass is 16.3. The number of aromatic nitrogens is 2. The van der Waals surface area contributed by atoms with E-state index in [1.165, 1.54) is 82.3 Å². The highest BCUT2D eigenvalue weighted by molar-refractivity contribution is 6.13. The monoisotopic (exact) mass is 700 g/mol. The molecule has 0 radical (unpaired) electrons. The molecule has 12 aromatic rings. The molecule has 0 amide bonds. The van der Waals surface area contributed by atoms with Crippen molar-refractivity contribution in [1.82, 2.24) is 9.13 Å². The molecule has 0 saturated carbocycles. The van der Waals surface area contributed by atoms with Crippen molar-refractivity contribution in [1.29, 1.82) is 0 Å². The molecule has 3 aromatic heterocycles. The van der Waals surface area contributed by atoms with Gasteiger partial charge in [0.15, 0.2) is 0 Å². The Bertz CT molecular complexity index is 3490. The second kappa shape index (κ2) is 11.6.